The molecular weight excluding hydrogens is 240 g/mol. The van der Waals surface area contributed by atoms with Crippen LogP contribution in [0.2, 0.25) is 0 Å². The third kappa shape index (κ3) is 4.56. The van der Waals surface area contributed by atoms with Gasteiger partial charge in [-0.2, -0.15) is 11.3 Å². The minimum absolute atomic E-state index is 0.136. The maximum atomic E-state index is 11.6. The van der Waals surface area contributed by atoms with Crippen molar-refractivity contribution in [2.45, 2.75) is 38.7 Å². The average Bonchev–Trinajstić information content (AvgIpc) is 2.63. The van der Waals surface area contributed by atoms with E-state index < -0.39 is 23.5 Å². The van der Waals surface area contributed by atoms with Gasteiger partial charge in [-0.25, -0.2) is 0 Å². The fourth-order valence-electron chi connectivity index (χ4n) is 1.37. The normalized spacial score (nSPS) is 13.1. The van der Waals surface area contributed by atoms with Crippen LogP contribution >= 0.6 is 11.3 Å². The molecule has 17 heavy (non-hydrogen) atoms. The summed E-state index contributed by atoms with van der Waals surface area (Å²) in [6, 6.07) is 1.72. The fourth-order valence-corrected chi connectivity index (χ4v) is 2.09. The van der Waals surface area contributed by atoms with Gasteiger partial charge in [0.2, 0.25) is 0 Å². The van der Waals surface area contributed by atoms with Crippen LogP contribution in [0.4, 0.5) is 0 Å². The molecular formula is C12H16O4S. The van der Waals surface area contributed by atoms with Gasteiger partial charge in [0.05, 0.1) is 12.3 Å². The fraction of sp³-hybridized carbons (Fsp3) is 0.500. The van der Waals surface area contributed by atoms with Crippen molar-refractivity contribution in [2.75, 3.05) is 0 Å². The quantitative estimate of drug-likeness (QED) is 0.841. The van der Waals surface area contributed by atoms with E-state index in [9.17, 15) is 9.59 Å². The van der Waals surface area contributed by atoms with Crippen LogP contribution in [0.3, 0.4) is 0 Å². The molecule has 4 nitrogen and oxygen atoms in total. The van der Waals surface area contributed by atoms with Gasteiger partial charge < -0.3 is 9.84 Å². The summed E-state index contributed by atoms with van der Waals surface area (Å²) in [5.41, 5.74) is 0.0581. The van der Waals surface area contributed by atoms with E-state index >= 15 is 0 Å². The largest absolute Gasteiger partial charge is 0.481 e. The third-order valence-electron chi connectivity index (χ3n) is 2.03. The SMILES string of the molecule is CC(C)(C)OC(=O)C[C@H](C(=O)O)c1ccsc1. The van der Waals surface area contributed by atoms with E-state index in [1.807, 2.05) is 0 Å². The molecule has 0 aliphatic carbocycles. The van der Waals surface area contributed by atoms with Crippen LogP contribution in [0.25, 0.3) is 0 Å². The Labute approximate surface area is 104 Å². The number of carboxylic acids is 1. The second-order valence-electron chi connectivity index (χ2n) is 4.74. The Morgan fingerprint density at radius 1 is 1.47 bits per heavy atom. The third-order valence-corrected chi connectivity index (χ3v) is 2.74. The van der Waals surface area contributed by atoms with Crippen molar-refractivity contribution in [3.05, 3.63) is 22.4 Å². The Bertz CT molecular complexity index is 389. The lowest BCUT2D eigenvalue weighted by atomic mass is 9.99. The highest BCUT2D eigenvalue weighted by molar-refractivity contribution is 7.08. The number of carbonyl (C=O) groups excluding carboxylic acids is 1. The molecule has 1 heterocycles. The van der Waals surface area contributed by atoms with Gasteiger partial charge in [0.1, 0.15) is 5.60 Å². The summed E-state index contributed by atoms with van der Waals surface area (Å²) >= 11 is 1.41. The molecule has 0 saturated heterocycles. The van der Waals surface area contributed by atoms with Crippen LogP contribution in [0, 0.1) is 0 Å². The van der Waals surface area contributed by atoms with Crippen molar-refractivity contribution in [3.63, 3.8) is 0 Å². The molecule has 0 unspecified atom stereocenters. The molecule has 1 N–H and O–H groups in total. The molecule has 94 valence electrons. The molecule has 0 saturated carbocycles. The van der Waals surface area contributed by atoms with Crippen LogP contribution < -0.4 is 0 Å². The van der Waals surface area contributed by atoms with Crippen molar-refractivity contribution in [2.24, 2.45) is 0 Å². The first-order chi connectivity index (χ1) is 7.79. The molecule has 0 bridgehead atoms. The summed E-state index contributed by atoms with van der Waals surface area (Å²) in [6.07, 6.45) is -0.136. The van der Waals surface area contributed by atoms with E-state index in [0.717, 1.165) is 0 Å². The first kappa shape index (κ1) is 13.7. The van der Waals surface area contributed by atoms with E-state index in [2.05, 4.69) is 0 Å². The number of esters is 1. The number of hydrogen-bond donors (Lipinski definition) is 1. The maximum absolute atomic E-state index is 11.6. The number of aliphatic carboxylic acids is 1. The Balaban J connectivity index is 2.69. The number of carboxylic acid groups (broad SMARTS) is 1. The lowest BCUT2D eigenvalue weighted by Crippen LogP contribution is -2.26. The zero-order valence-corrected chi connectivity index (χ0v) is 10.9. The molecule has 1 atom stereocenters. The van der Waals surface area contributed by atoms with Gasteiger partial charge in [-0.15, -0.1) is 0 Å². The molecule has 5 heteroatoms. The molecule has 1 aromatic heterocycles. The smallest absolute Gasteiger partial charge is 0.311 e. The van der Waals surface area contributed by atoms with Gasteiger partial charge in [-0.05, 0) is 43.2 Å². The van der Waals surface area contributed by atoms with Crippen molar-refractivity contribution < 1.29 is 19.4 Å². The van der Waals surface area contributed by atoms with E-state index in [1.165, 1.54) is 11.3 Å². The van der Waals surface area contributed by atoms with Gasteiger partial charge in [-0.3, -0.25) is 9.59 Å². The first-order valence-electron chi connectivity index (χ1n) is 5.26. The Kier molecular flexibility index (Phi) is 4.28. The highest BCUT2D eigenvalue weighted by Gasteiger charge is 2.26. The number of carbonyl (C=O) groups is 2. The van der Waals surface area contributed by atoms with Gasteiger partial charge in [0.25, 0.3) is 0 Å². The van der Waals surface area contributed by atoms with Crippen molar-refractivity contribution in [1.29, 1.82) is 0 Å². The number of ether oxygens (including phenoxy) is 1. The summed E-state index contributed by atoms with van der Waals surface area (Å²) in [6.45, 7) is 5.27. The molecule has 0 aliphatic rings. The predicted octanol–water partition coefficient (Wildman–Crippen LogP) is 2.65. The summed E-state index contributed by atoms with van der Waals surface area (Å²) < 4.78 is 5.12. The van der Waals surface area contributed by atoms with E-state index in [1.54, 1.807) is 37.6 Å². The highest BCUT2D eigenvalue weighted by Crippen LogP contribution is 2.24. The minimum Gasteiger partial charge on any atom is -0.481 e. The Morgan fingerprint density at radius 3 is 2.53 bits per heavy atom. The van der Waals surface area contributed by atoms with Crippen LogP contribution in [0.15, 0.2) is 16.8 Å². The first-order valence-corrected chi connectivity index (χ1v) is 6.20. The van der Waals surface area contributed by atoms with Crippen LogP contribution in [0.1, 0.15) is 38.7 Å². The predicted molar refractivity (Wildman–Crippen MR) is 65.2 cm³/mol. The molecule has 0 fully saturated rings. The monoisotopic (exact) mass is 256 g/mol. The maximum Gasteiger partial charge on any atom is 0.311 e. The Hall–Kier alpha value is -1.36. The van der Waals surface area contributed by atoms with Gasteiger partial charge in [-0.1, -0.05) is 0 Å². The lowest BCUT2D eigenvalue weighted by molar-refractivity contribution is -0.158. The average molecular weight is 256 g/mol. The second kappa shape index (κ2) is 5.31. The summed E-state index contributed by atoms with van der Waals surface area (Å²) in [5.74, 6) is -2.32. The van der Waals surface area contributed by atoms with Crippen LogP contribution in [-0.4, -0.2) is 22.6 Å². The van der Waals surface area contributed by atoms with Crippen molar-refractivity contribution >= 4 is 23.3 Å². The second-order valence-corrected chi connectivity index (χ2v) is 5.52. The molecule has 0 aliphatic heterocycles. The summed E-state index contributed by atoms with van der Waals surface area (Å²) in [4.78, 5) is 22.7. The van der Waals surface area contributed by atoms with E-state index in [4.69, 9.17) is 9.84 Å². The standard InChI is InChI=1S/C12H16O4S/c1-12(2,3)16-10(13)6-9(11(14)15)8-4-5-17-7-8/h4-5,7,9H,6H2,1-3H3,(H,14,15)/t9-/m0/s1. The summed E-state index contributed by atoms with van der Waals surface area (Å²) in [5, 5.41) is 12.6. The van der Waals surface area contributed by atoms with Crippen LogP contribution in [0.5, 0.6) is 0 Å². The van der Waals surface area contributed by atoms with Gasteiger partial charge >= 0.3 is 11.9 Å². The molecule has 1 rings (SSSR count). The van der Waals surface area contributed by atoms with Gasteiger partial charge in [0, 0.05) is 0 Å². The number of thiophene rings is 1. The summed E-state index contributed by atoms with van der Waals surface area (Å²) in [7, 11) is 0. The molecule has 0 amide bonds. The van der Waals surface area contributed by atoms with E-state index in [0.29, 0.717) is 5.56 Å². The molecule has 0 radical (unpaired) electrons. The topological polar surface area (TPSA) is 63.6 Å². The van der Waals surface area contributed by atoms with Crippen molar-refractivity contribution in [1.82, 2.24) is 0 Å². The number of rotatable bonds is 4. The number of hydrogen-bond acceptors (Lipinski definition) is 4. The lowest BCUT2D eigenvalue weighted by Gasteiger charge is -2.20. The van der Waals surface area contributed by atoms with Crippen molar-refractivity contribution in [3.8, 4) is 0 Å². The highest BCUT2D eigenvalue weighted by atomic mass is 32.1. The zero-order valence-electron chi connectivity index (χ0n) is 10.1. The molecule has 1 aromatic rings. The molecule has 0 aromatic carbocycles. The van der Waals surface area contributed by atoms with Gasteiger partial charge in [0.15, 0.2) is 0 Å². The minimum atomic E-state index is -1.01. The van der Waals surface area contributed by atoms with E-state index in [-0.39, 0.29) is 6.42 Å². The molecule has 0 spiro atoms. The zero-order chi connectivity index (χ0) is 13.1. The Morgan fingerprint density at radius 2 is 2.12 bits per heavy atom. The van der Waals surface area contributed by atoms with Crippen LogP contribution in [-0.2, 0) is 14.3 Å².